The first kappa shape index (κ1) is 13.6. The first-order valence-corrected chi connectivity index (χ1v) is 6.37. The number of hydrogen-bond acceptors (Lipinski definition) is 5. The highest BCUT2D eigenvalue weighted by Crippen LogP contribution is 2.02. The summed E-state index contributed by atoms with van der Waals surface area (Å²) in [6, 6.07) is 6.09. The Morgan fingerprint density at radius 1 is 1.32 bits per heavy atom. The monoisotopic (exact) mass is 260 g/mol. The van der Waals surface area contributed by atoms with Crippen molar-refractivity contribution in [1.82, 2.24) is 24.9 Å². The largest absolute Gasteiger partial charge is 0.325 e. The van der Waals surface area contributed by atoms with E-state index in [1.807, 2.05) is 36.0 Å². The Balaban J connectivity index is 1.82. The van der Waals surface area contributed by atoms with E-state index in [2.05, 4.69) is 27.2 Å². The van der Waals surface area contributed by atoms with Crippen LogP contribution in [0.25, 0.3) is 0 Å². The molecule has 0 unspecified atom stereocenters. The molecule has 0 saturated carbocycles. The van der Waals surface area contributed by atoms with Crippen LogP contribution in [-0.4, -0.2) is 38.5 Å². The molecule has 19 heavy (non-hydrogen) atoms. The number of aryl methyl sites for hydroxylation is 1. The summed E-state index contributed by atoms with van der Waals surface area (Å²) in [5.41, 5.74) is 8.46. The fourth-order valence-corrected chi connectivity index (χ4v) is 1.86. The molecule has 0 bridgehead atoms. The molecule has 102 valence electrons. The molecular weight excluding hydrogens is 240 g/mol. The van der Waals surface area contributed by atoms with Gasteiger partial charge in [0.15, 0.2) is 0 Å². The first-order chi connectivity index (χ1) is 9.17. The zero-order valence-electron chi connectivity index (χ0n) is 11.5. The third-order valence-corrected chi connectivity index (χ3v) is 2.88. The number of hydrogen-bond donors (Lipinski definition) is 1. The third kappa shape index (κ3) is 4.11. The van der Waals surface area contributed by atoms with Crippen LogP contribution >= 0.6 is 0 Å². The van der Waals surface area contributed by atoms with Crippen molar-refractivity contribution in [2.45, 2.75) is 26.6 Å². The Morgan fingerprint density at radius 3 is 2.84 bits per heavy atom. The van der Waals surface area contributed by atoms with Gasteiger partial charge < -0.3 is 5.73 Å². The van der Waals surface area contributed by atoms with Crippen molar-refractivity contribution in [2.24, 2.45) is 5.73 Å². The SMILES string of the molecule is Cc1cccc(CN(C)CCn2cc(CN)nn2)n1. The Kier molecular flexibility index (Phi) is 4.59. The van der Waals surface area contributed by atoms with Crippen molar-refractivity contribution < 1.29 is 0 Å². The van der Waals surface area contributed by atoms with Crippen molar-refractivity contribution in [3.8, 4) is 0 Å². The van der Waals surface area contributed by atoms with Gasteiger partial charge in [-0.1, -0.05) is 11.3 Å². The summed E-state index contributed by atoms with van der Waals surface area (Å²) in [5, 5.41) is 7.99. The predicted molar refractivity (Wildman–Crippen MR) is 73.2 cm³/mol. The third-order valence-electron chi connectivity index (χ3n) is 2.88. The number of pyridine rings is 1. The van der Waals surface area contributed by atoms with Gasteiger partial charge in [0.05, 0.1) is 17.9 Å². The second kappa shape index (κ2) is 6.40. The van der Waals surface area contributed by atoms with Crippen LogP contribution in [0.4, 0.5) is 0 Å². The van der Waals surface area contributed by atoms with Gasteiger partial charge in [0, 0.05) is 31.5 Å². The number of rotatable bonds is 6. The second-order valence-electron chi connectivity index (χ2n) is 4.69. The Hall–Kier alpha value is -1.79. The van der Waals surface area contributed by atoms with Crippen LogP contribution in [-0.2, 0) is 19.6 Å². The molecule has 0 aliphatic heterocycles. The Morgan fingerprint density at radius 2 is 2.16 bits per heavy atom. The van der Waals surface area contributed by atoms with Gasteiger partial charge >= 0.3 is 0 Å². The van der Waals surface area contributed by atoms with E-state index in [0.717, 1.165) is 36.7 Å². The van der Waals surface area contributed by atoms with E-state index in [0.29, 0.717) is 6.54 Å². The minimum atomic E-state index is 0.434. The summed E-state index contributed by atoms with van der Waals surface area (Å²) in [6.45, 7) is 4.97. The molecule has 6 nitrogen and oxygen atoms in total. The molecule has 2 aromatic rings. The molecular formula is C13H20N6. The predicted octanol–water partition coefficient (Wildman–Crippen LogP) is 0.572. The molecule has 0 amide bonds. The summed E-state index contributed by atoms with van der Waals surface area (Å²) in [4.78, 5) is 6.71. The lowest BCUT2D eigenvalue weighted by molar-refractivity contribution is 0.300. The first-order valence-electron chi connectivity index (χ1n) is 6.37. The van der Waals surface area contributed by atoms with Crippen molar-refractivity contribution in [3.05, 3.63) is 41.5 Å². The average molecular weight is 260 g/mol. The maximum Gasteiger partial charge on any atom is 0.0962 e. The van der Waals surface area contributed by atoms with Crippen LogP contribution in [0.1, 0.15) is 17.1 Å². The Bertz CT molecular complexity index is 521. The molecule has 0 radical (unpaired) electrons. The fraction of sp³-hybridized carbons (Fsp3) is 0.462. The molecule has 0 atom stereocenters. The second-order valence-corrected chi connectivity index (χ2v) is 4.69. The molecule has 0 fully saturated rings. The van der Waals surface area contributed by atoms with Crippen molar-refractivity contribution in [3.63, 3.8) is 0 Å². The summed E-state index contributed by atoms with van der Waals surface area (Å²) in [6.07, 6.45) is 1.89. The van der Waals surface area contributed by atoms with Crippen LogP contribution in [0, 0.1) is 6.92 Å². The van der Waals surface area contributed by atoms with Gasteiger partial charge in [0.2, 0.25) is 0 Å². The lowest BCUT2D eigenvalue weighted by atomic mass is 10.3. The van der Waals surface area contributed by atoms with E-state index in [1.54, 1.807) is 0 Å². The molecule has 0 spiro atoms. The maximum absolute atomic E-state index is 5.50. The summed E-state index contributed by atoms with van der Waals surface area (Å²) in [5.74, 6) is 0. The number of likely N-dealkylation sites (N-methyl/N-ethyl adjacent to an activating group) is 1. The lowest BCUT2D eigenvalue weighted by Gasteiger charge is -2.15. The highest BCUT2D eigenvalue weighted by atomic mass is 15.4. The van der Waals surface area contributed by atoms with Crippen molar-refractivity contribution in [2.75, 3.05) is 13.6 Å². The van der Waals surface area contributed by atoms with E-state index in [-0.39, 0.29) is 0 Å². The topological polar surface area (TPSA) is 72.9 Å². The maximum atomic E-state index is 5.50. The quantitative estimate of drug-likeness (QED) is 0.822. The van der Waals surface area contributed by atoms with Crippen LogP contribution in [0.3, 0.4) is 0 Å². The summed E-state index contributed by atoms with van der Waals surface area (Å²) in [7, 11) is 2.07. The zero-order valence-corrected chi connectivity index (χ0v) is 11.5. The molecule has 0 aromatic carbocycles. The van der Waals surface area contributed by atoms with Gasteiger partial charge in [0.1, 0.15) is 0 Å². The number of aromatic nitrogens is 4. The average Bonchev–Trinajstić information content (AvgIpc) is 2.84. The van der Waals surface area contributed by atoms with Crippen LogP contribution < -0.4 is 5.73 Å². The molecule has 0 aliphatic carbocycles. The van der Waals surface area contributed by atoms with Gasteiger partial charge in [-0.15, -0.1) is 5.10 Å². The van der Waals surface area contributed by atoms with Gasteiger partial charge in [-0.25, -0.2) is 0 Å². The van der Waals surface area contributed by atoms with E-state index in [4.69, 9.17) is 5.73 Å². The van der Waals surface area contributed by atoms with E-state index in [9.17, 15) is 0 Å². The highest BCUT2D eigenvalue weighted by molar-refractivity contribution is 5.09. The smallest absolute Gasteiger partial charge is 0.0962 e. The number of nitrogens with zero attached hydrogens (tertiary/aromatic N) is 5. The van der Waals surface area contributed by atoms with E-state index < -0.39 is 0 Å². The molecule has 2 aromatic heterocycles. The minimum absolute atomic E-state index is 0.434. The van der Waals surface area contributed by atoms with Crippen molar-refractivity contribution >= 4 is 0 Å². The molecule has 6 heteroatoms. The molecule has 2 N–H and O–H groups in total. The Labute approximate surface area is 113 Å². The van der Waals surface area contributed by atoms with E-state index >= 15 is 0 Å². The zero-order chi connectivity index (χ0) is 13.7. The van der Waals surface area contributed by atoms with Gasteiger partial charge in [0.25, 0.3) is 0 Å². The summed E-state index contributed by atoms with van der Waals surface area (Å²) >= 11 is 0. The molecule has 0 aliphatic rings. The molecule has 2 heterocycles. The standard InChI is InChI=1S/C13H20N6/c1-11-4-3-5-12(15-11)9-18(2)6-7-19-10-13(8-14)16-17-19/h3-5,10H,6-9,14H2,1-2H3. The number of nitrogens with two attached hydrogens (primary N) is 1. The molecule has 2 rings (SSSR count). The minimum Gasteiger partial charge on any atom is -0.325 e. The van der Waals surface area contributed by atoms with Gasteiger partial charge in [-0.05, 0) is 26.1 Å². The van der Waals surface area contributed by atoms with Crippen LogP contribution in [0.5, 0.6) is 0 Å². The van der Waals surface area contributed by atoms with Crippen molar-refractivity contribution in [1.29, 1.82) is 0 Å². The summed E-state index contributed by atoms with van der Waals surface area (Å²) < 4.78 is 1.82. The van der Waals surface area contributed by atoms with Crippen LogP contribution in [0.15, 0.2) is 24.4 Å². The van der Waals surface area contributed by atoms with Gasteiger partial charge in [-0.3, -0.25) is 14.6 Å². The highest BCUT2D eigenvalue weighted by Gasteiger charge is 2.03. The van der Waals surface area contributed by atoms with E-state index in [1.165, 1.54) is 0 Å². The van der Waals surface area contributed by atoms with Crippen LogP contribution in [0.2, 0.25) is 0 Å². The lowest BCUT2D eigenvalue weighted by Crippen LogP contribution is -2.23. The normalized spacial score (nSPS) is 11.2. The fourth-order valence-electron chi connectivity index (χ4n) is 1.86. The van der Waals surface area contributed by atoms with Gasteiger partial charge in [-0.2, -0.15) is 0 Å². The molecule has 0 saturated heterocycles.